The van der Waals surface area contributed by atoms with Gasteiger partial charge < -0.3 is 10.8 Å². The van der Waals surface area contributed by atoms with E-state index in [9.17, 15) is 0 Å². The van der Waals surface area contributed by atoms with E-state index in [2.05, 4.69) is 183 Å². The van der Waals surface area contributed by atoms with E-state index in [0.717, 1.165) is 44.0 Å². The molecule has 9 aromatic rings. The Labute approximate surface area is 339 Å². The Kier molecular flexibility index (Phi) is 9.59. The van der Waals surface area contributed by atoms with Crippen LogP contribution in [0.2, 0.25) is 0 Å². The molecule has 0 aromatic heterocycles. The molecule has 9 rings (SSSR count). The van der Waals surface area contributed by atoms with Crippen LogP contribution in [0.15, 0.2) is 225 Å². The van der Waals surface area contributed by atoms with E-state index in [0.29, 0.717) is 11.3 Å². The summed E-state index contributed by atoms with van der Waals surface area (Å²) in [5.74, 6) is 0. The van der Waals surface area contributed by atoms with Gasteiger partial charge in [-0.2, -0.15) is 0 Å². The maximum Gasteiger partial charge on any atom is 0.0612 e. The van der Waals surface area contributed by atoms with Gasteiger partial charge in [-0.05, 0) is 111 Å². The van der Waals surface area contributed by atoms with Crippen molar-refractivity contribution in [1.82, 2.24) is 0 Å². The number of benzene rings is 9. The van der Waals surface area contributed by atoms with Crippen LogP contribution in [0.4, 0.5) is 0 Å². The van der Waals surface area contributed by atoms with E-state index in [1.54, 1.807) is 30.4 Å². The highest BCUT2D eigenvalue weighted by Crippen LogP contribution is 2.45. The molecule has 0 spiro atoms. The predicted octanol–water partition coefficient (Wildman–Crippen LogP) is 15.2. The topological polar surface area (TPSA) is 47.7 Å². The Morgan fingerprint density at radius 1 is 0.414 bits per heavy atom. The molecule has 0 atom stereocenters. The molecule has 2 heteroatoms. The summed E-state index contributed by atoms with van der Waals surface area (Å²) in [4.78, 5) is 0. The van der Waals surface area contributed by atoms with Gasteiger partial charge in [-0.3, -0.25) is 0 Å². The van der Waals surface area contributed by atoms with Crippen LogP contribution in [0.25, 0.3) is 87.6 Å². The van der Waals surface area contributed by atoms with Crippen LogP contribution in [0.5, 0.6) is 0 Å². The van der Waals surface area contributed by atoms with Crippen molar-refractivity contribution in [2.24, 2.45) is 0 Å². The SMILES string of the molecule is C=C/C=C\C(=N)C(=C)/C=C\C(=N)c1ccc2c(-c3ccc(-c4cccc5ccccc45)cc3)c3ccccc3c(-c3ccc(-c4cccc5ccccc45)cc3)c2c1. The van der Waals surface area contributed by atoms with E-state index in [1.807, 2.05) is 6.07 Å². The minimum Gasteiger partial charge on any atom is -0.300 e. The van der Waals surface area contributed by atoms with Crippen LogP contribution in [0, 0.1) is 10.8 Å². The van der Waals surface area contributed by atoms with Crippen molar-refractivity contribution in [3.8, 4) is 44.5 Å². The highest BCUT2D eigenvalue weighted by atomic mass is 14.4. The molecule has 2 N–H and O–H groups in total. The molecule has 0 saturated carbocycles. The maximum absolute atomic E-state index is 9.15. The highest BCUT2D eigenvalue weighted by molar-refractivity contribution is 6.23. The van der Waals surface area contributed by atoms with Crippen LogP contribution in [0.1, 0.15) is 5.56 Å². The van der Waals surface area contributed by atoms with Crippen LogP contribution < -0.4 is 0 Å². The molecule has 0 amide bonds. The van der Waals surface area contributed by atoms with Gasteiger partial charge in [0.2, 0.25) is 0 Å². The van der Waals surface area contributed by atoms with Crippen LogP contribution in [0.3, 0.4) is 0 Å². The second-order valence-corrected chi connectivity index (χ2v) is 14.5. The molecule has 0 heterocycles. The zero-order chi connectivity index (χ0) is 39.6. The van der Waals surface area contributed by atoms with Crippen LogP contribution in [-0.2, 0) is 0 Å². The normalized spacial score (nSPS) is 11.6. The lowest BCUT2D eigenvalue weighted by molar-refractivity contribution is 1.49. The summed E-state index contributed by atoms with van der Waals surface area (Å²) in [7, 11) is 0. The Bertz CT molecular complexity index is 3150. The molecule has 0 bridgehead atoms. The average molecular weight is 741 g/mol. The van der Waals surface area contributed by atoms with Gasteiger partial charge >= 0.3 is 0 Å². The number of allylic oxidation sites excluding steroid dienone is 6. The fourth-order valence-electron chi connectivity index (χ4n) is 8.20. The summed E-state index contributed by atoms with van der Waals surface area (Å²) in [5.41, 5.74) is 11.2. The van der Waals surface area contributed by atoms with E-state index < -0.39 is 0 Å². The standard InChI is InChI=1S/C56H40N2/c1-3-4-23-53(57)37(2)24-35-54(58)44-33-34-51-52(36-44)56(43-31-27-41(28-32-43)48-22-12-16-39-14-6-8-18-46(39)48)50-20-10-9-19-49(50)55(51)42-29-25-40(26-30-42)47-21-11-15-38-13-5-7-17-45(38)47/h3-36,57-58H,1-2H2/b23-4-,35-24-,57-53?,58-54?. The molecule has 0 aliphatic rings. The lowest BCUT2D eigenvalue weighted by Crippen LogP contribution is -1.98. The summed E-state index contributed by atoms with van der Waals surface area (Å²) < 4.78 is 0. The zero-order valence-electron chi connectivity index (χ0n) is 32.0. The van der Waals surface area contributed by atoms with E-state index >= 15 is 0 Å². The van der Waals surface area contributed by atoms with E-state index in [4.69, 9.17) is 10.8 Å². The summed E-state index contributed by atoms with van der Waals surface area (Å²) in [6.07, 6.45) is 8.46. The Hall–Kier alpha value is -7.68. The second-order valence-electron chi connectivity index (χ2n) is 14.5. The second kappa shape index (κ2) is 15.5. The molecule has 9 aromatic carbocycles. The van der Waals surface area contributed by atoms with Crippen LogP contribution in [-0.4, -0.2) is 11.4 Å². The first-order chi connectivity index (χ1) is 28.5. The first-order valence-corrected chi connectivity index (χ1v) is 19.5. The smallest absolute Gasteiger partial charge is 0.0612 e. The molecule has 0 fully saturated rings. The fraction of sp³-hybridized carbons (Fsp3) is 0. The molecule has 274 valence electrons. The monoisotopic (exact) mass is 740 g/mol. The van der Waals surface area contributed by atoms with Crippen molar-refractivity contribution >= 4 is 54.5 Å². The molecule has 0 radical (unpaired) electrons. The van der Waals surface area contributed by atoms with Crippen molar-refractivity contribution in [3.05, 3.63) is 231 Å². The van der Waals surface area contributed by atoms with Crippen molar-refractivity contribution in [3.63, 3.8) is 0 Å². The van der Waals surface area contributed by atoms with E-state index in [-0.39, 0.29) is 5.71 Å². The van der Waals surface area contributed by atoms with E-state index in [1.165, 1.54) is 49.2 Å². The largest absolute Gasteiger partial charge is 0.300 e. The molecule has 0 aliphatic carbocycles. The zero-order valence-corrected chi connectivity index (χ0v) is 32.0. The third-order valence-electron chi connectivity index (χ3n) is 11.1. The van der Waals surface area contributed by atoms with Gasteiger partial charge in [0.05, 0.1) is 11.4 Å². The van der Waals surface area contributed by atoms with Crippen molar-refractivity contribution < 1.29 is 0 Å². The lowest BCUT2D eigenvalue weighted by atomic mass is 9.84. The minimum atomic E-state index is 0.277. The van der Waals surface area contributed by atoms with Gasteiger partial charge in [-0.25, -0.2) is 0 Å². The van der Waals surface area contributed by atoms with Gasteiger partial charge in [-0.1, -0.05) is 201 Å². The quantitative estimate of drug-likeness (QED) is 0.0797. The van der Waals surface area contributed by atoms with Crippen molar-refractivity contribution in [1.29, 1.82) is 10.8 Å². The average Bonchev–Trinajstić information content (AvgIpc) is 3.28. The minimum absolute atomic E-state index is 0.277. The Morgan fingerprint density at radius 2 is 0.862 bits per heavy atom. The molecule has 0 aliphatic heterocycles. The molecular weight excluding hydrogens is 701 g/mol. The Morgan fingerprint density at radius 3 is 1.40 bits per heavy atom. The number of nitrogens with one attached hydrogen (secondary N) is 2. The number of hydrogen-bond acceptors (Lipinski definition) is 2. The summed E-state index contributed by atoms with van der Waals surface area (Å²) in [6, 6.07) is 63.0. The molecule has 0 unspecified atom stereocenters. The van der Waals surface area contributed by atoms with Gasteiger partial charge in [0.15, 0.2) is 0 Å². The maximum atomic E-state index is 9.15. The number of fused-ring (bicyclic) bond motifs is 4. The summed E-state index contributed by atoms with van der Waals surface area (Å²) >= 11 is 0. The molecular formula is C56H40N2. The van der Waals surface area contributed by atoms with Gasteiger partial charge in [0.25, 0.3) is 0 Å². The molecule has 0 saturated heterocycles. The van der Waals surface area contributed by atoms with Crippen molar-refractivity contribution in [2.75, 3.05) is 0 Å². The first-order valence-electron chi connectivity index (χ1n) is 19.5. The molecule has 2 nitrogen and oxygen atoms in total. The fourth-order valence-corrected chi connectivity index (χ4v) is 8.20. The summed E-state index contributed by atoms with van der Waals surface area (Å²) in [5, 5.41) is 26.9. The van der Waals surface area contributed by atoms with Gasteiger partial charge in [-0.15, -0.1) is 0 Å². The number of rotatable bonds is 10. The van der Waals surface area contributed by atoms with Gasteiger partial charge in [0, 0.05) is 5.56 Å². The third kappa shape index (κ3) is 6.67. The third-order valence-corrected chi connectivity index (χ3v) is 11.1. The van der Waals surface area contributed by atoms with Crippen LogP contribution >= 0.6 is 0 Å². The summed E-state index contributed by atoms with van der Waals surface area (Å²) in [6.45, 7) is 7.74. The van der Waals surface area contributed by atoms with Gasteiger partial charge in [0.1, 0.15) is 0 Å². The molecule has 58 heavy (non-hydrogen) atoms. The highest BCUT2D eigenvalue weighted by Gasteiger charge is 2.18. The van der Waals surface area contributed by atoms with Crippen molar-refractivity contribution in [2.45, 2.75) is 0 Å². The predicted molar refractivity (Wildman–Crippen MR) is 250 cm³/mol. The Balaban J connectivity index is 1.21. The lowest BCUT2D eigenvalue weighted by Gasteiger charge is -2.19. The number of hydrogen-bond donors (Lipinski definition) is 2. The first kappa shape index (κ1) is 36.0.